The average Bonchev–Trinajstić information content (AvgIpc) is 2.70. The van der Waals surface area contributed by atoms with Gasteiger partial charge in [-0.3, -0.25) is 0 Å². The summed E-state index contributed by atoms with van der Waals surface area (Å²) in [7, 11) is 0. The first kappa shape index (κ1) is 13.7. The van der Waals surface area contributed by atoms with Crippen molar-refractivity contribution in [2.45, 2.75) is 41.2 Å². The zero-order valence-electron chi connectivity index (χ0n) is 12.5. The van der Waals surface area contributed by atoms with E-state index in [2.05, 4.69) is 61.6 Å². The molecule has 3 heteroatoms. The third kappa shape index (κ3) is 3.16. The number of aryl methyl sites for hydroxylation is 3. The van der Waals surface area contributed by atoms with Crippen molar-refractivity contribution < 1.29 is 0 Å². The largest absolute Gasteiger partial charge is 0.325 e. The van der Waals surface area contributed by atoms with Gasteiger partial charge in [0.05, 0.1) is 0 Å². The Hall–Kier alpha value is -1.77. The minimum Gasteiger partial charge on any atom is -0.325 e. The molecule has 0 bridgehead atoms. The van der Waals surface area contributed by atoms with Gasteiger partial charge < -0.3 is 9.88 Å². The Morgan fingerprint density at radius 3 is 2.37 bits per heavy atom. The number of hydrogen-bond donors (Lipinski definition) is 1. The Balaban J connectivity index is 2.29. The van der Waals surface area contributed by atoms with Crippen molar-refractivity contribution in [1.29, 1.82) is 0 Å². The molecule has 2 rings (SSSR count). The molecule has 0 aliphatic carbocycles. The lowest BCUT2D eigenvalue weighted by molar-refractivity contribution is 0.527. The van der Waals surface area contributed by atoms with Gasteiger partial charge in [0.2, 0.25) is 5.95 Å². The second kappa shape index (κ2) is 5.47. The van der Waals surface area contributed by atoms with E-state index in [4.69, 9.17) is 0 Å². The van der Waals surface area contributed by atoms with Crippen LogP contribution in [-0.4, -0.2) is 9.55 Å². The van der Waals surface area contributed by atoms with Crippen LogP contribution in [0, 0.1) is 26.7 Å². The SMILES string of the molecule is Cc1cc(C)c(Nc2nccn2CC(C)C)c(C)c1. The predicted molar refractivity (Wildman–Crippen MR) is 81.0 cm³/mol. The van der Waals surface area contributed by atoms with Crippen LogP contribution in [0.15, 0.2) is 24.5 Å². The smallest absolute Gasteiger partial charge is 0.207 e. The zero-order valence-corrected chi connectivity index (χ0v) is 12.5. The van der Waals surface area contributed by atoms with E-state index in [0.29, 0.717) is 5.92 Å². The van der Waals surface area contributed by atoms with Crippen molar-refractivity contribution in [2.24, 2.45) is 5.92 Å². The lowest BCUT2D eigenvalue weighted by atomic mass is 10.1. The molecular weight excluding hydrogens is 234 g/mol. The summed E-state index contributed by atoms with van der Waals surface area (Å²) in [5.74, 6) is 1.53. The lowest BCUT2D eigenvalue weighted by Crippen LogP contribution is -2.08. The molecule has 102 valence electrons. The van der Waals surface area contributed by atoms with Crippen LogP contribution in [0.2, 0.25) is 0 Å². The molecule has 1 N–H and O–H groups in total. The Labute approximate surface area is 115 Å². The van der Waals surface area contributed by atoms with Gasteiger partial charge in [0.25, 0.3) is 0 Å². The van der Waals surface area contributed by atoms with Crippen LogP contribution in [0.3, 0.4) is 0 Å². The van der Waals surface area contributed by atoms with E-state index in [1.807, 2.05) is 12.4 Å². The van der Waals surface area contributed by atoms with E-state index in [0.717, 1.165) is 12.5 Å². The third-order valence-corrected chi connectivity index (χ3v) is 3.19. The van der Waals surface area contributed by atoms with Crippen molar-refractivity contribution in [3.63, 3.8) is 0 Å². The van der Waals surface area contributed by atoms with Crippen LogP contribution in [0.25, 0.3) is 0 Å². The van der Waals surface area contributed by atoms with Crippen molar-refractivity contribution in [3.05, 3.63) is 41.2 Å². The molecule has 0 saturated carbocycles. The summed E-state index contributed by atoms with van der Waals surface area (Å²) in [6.07, 6.45) is 3.88. The zero-order chi connectivity index (χ0) is 14.0. The maximum absolute atomic E-state index is 4.42. The Morgan fingerprint density at radius 1 is 1.16 bits per heavy atom. The number of anilines is 2. The van der Waals surface area contributed by atoms with Crippen molar-refractivity contribution >= 4 is 11.6 Å². The Morgan fingerprint density at radius 2 is 1.79 bits per heavy atom. The van der Waals surface area contributed by atoms with Gasteiger partial charge in [0.15, 0.2) is 0 Å². The van der Waals surface area contributed by atoms with Crippen molar-refractivity contribution in [3.8, 4) is 0 Å². The van der Waals surface area contributed by atoms with Crippen LogP contribution < -0.4 is 5.32 Å². The first-order chi connectivity index (χ1) is 8.97. The monoisotopic (exact) mass is 257 g/mol. The van der Waals surface area contributed by atoms with Gasteiger partial charge in [0, 0.05) is 24.6 Å². The molecule has 0 radical (unpaired) electrons. The third-order valence-electron chi connectivity index (χ3n) is 3.19. The summed E-state index contributed by atoms with van der Waals surface area (Å²) < 4.78 is 2.17. The second-order valence-corrected chi connectivity index (χ2v) is 5.70. The van der Waals surface area contributed by atoms with Gasteiger partial charge in [-0.25, -0.2) is 4.98 Å². The lowest BCUT2D eigenvalue weighted by Gasteiger charge is -2.15. The molecule has 0 aliphatic heterocycles. The van der Waals surface area contributed by atoms with E-state index < -0.39 is 0 Å². The molecule has 0 aliphatic rings. The number of rotatable bonds is 4. The van der Waals surface area contributed by atoms with Gasteiger partial charge in [0.1, 0.15) is 0 Å². The summed E-state index contributed by atoms with van der Waals surface area (Å²) in [6, 6.07) is 4.40. The molecule has 0 spiro atoms. The van der Waals surface area contributed by atoms with Gasteiger partial charge >= 0.3 is 0 Å². The van der Waals surface area contributed by atoms with E-state index in [-0.39, 0.29) is 0 Å². The fourth-order valence-corrected chi connectivity index (χ4v) is 2.46. The molecule has 0 unspecified atom stereocenters. The second-order valence-electron chi connectivity index (χ2n) is 5.70. The first-order valence-corrected chi connectivity index (χ1v) is 6.83. The van der Waals surface area contributed by atoms with Crippen molar-refractivity contribution in [1.82, 2.24) is 9.55 Å². The molecule has 2 aromatic rings. The topological polar surface area (TPSA) is 29.9 Å². The van der Waals surface area contributed by atoms with Gasteiger partial charge in [-0.2, -0.15) is 0 Å². The normalized spacial score (nSPS) is 11.1. The van der Waals surface area contributed by atoms with Gasteiger partial charge in [-0.15, -0.1) is 0 Å². The molecule has 0 fully saturated rings. The number of aromatic nitrogens is 2. The van der Waals surface area contributed by atoms with Crippen LogP contribution in [0.5, 0.6) is 0 Å². The molecular formula is C16H23N3. The van der Waals surface area contributed by atoms with Crippen LogP contribution >= 0.6 is 0 Å². The minimum absolute atomic E-state index is 0.606. The average molecular weight is 257 g/mol. The van der Waals surface area contributed by atoms with Gasteiger partial charge in [-0.05, 0) is 37.8 Å². The van der Waals surface area contributed by atoms with E-state index in [9.17, 15) is 0 Å². The highest BCUT2D eigenvalue weighted by Crippen LogP contribution is 2.25. The predicted octanol–water partition coefficient (Wildman–Crippen LogP) is 4.21. The first-order valence-electron chi connectivity index (χ1n) is 6.83. The summed E-state index contributed by atoms with van der Waals surface area (Å²) >= 11 is 0. The molecule has 19 heavy (non-hydrogen) atoms. The molecule has 3 nitrogen and oxygen atoms in total. The number of nitrogens with zero attached hydrogens (tertiary/aromatic N) is 2. The maximum Gasteiger partial charge on any atom is 0.207 e. The Bertz CT molecular complexity index is 544. The van der Waals surface area contributed by atoms with E-state index >= 15 is 0 Å². The molecule has 0 atom stereocenters. The van der Waals surface area contributed by atoms with Crippen LogP contribution in [0.1, 0.15) is 30.5 Å². The van der Waals surface area contributed by atoms with E-state index in [1.165, 1.54) is 22.4 Å². The Kier molecular flexibility index (Phi) is 3.93. The summed E-state index contributed by atoms with van der Waals surface area (Å²) in [4.78, 5) is 4.42. The summed E-state index contributed by atoms with van der Waals surface area (Å²) in [5, 5.41) is 3.47. The standard InChI is InChI=1S/C16H23N3/c1-11(2)10-19-7-6-17-16(19)18-15-13(4)8-12(3)9-14(15)5/h6-9,11H,10H2,1-5H3,(H,17,18). The maximum atomic E-state index is 4.42. The minimum atomic E-state index is 0.606. The summed E-state index contributed by atoms with van der Waals surface area (Å²) in [5.41, 5.74) is 4.99. The highest BCUT2D eigenvalue weighted by molar-refractivity contribution is 5.63. The molecule has 0 amide bonds. The number of nitrogens with one attached hydrogen (secondary N) is 1. The summed E-state index contributed by atoms with van der Waals surface area (Å²) in [6.45, 7) is 11.8. The van der Waals surface area contributed by atoms with Gasteiger partial charge in [-0.1, -0.05) is 31.5 Å². The van der Waals surface area contributed by atoms with Crippen LogP contribution in [-0.2, 0) is 6.54 Å². The fraction of sp³-hybridized carbons (Fsp3) is 0.438. The quantitative estimate of drug-likeness (QED) is 0.889. The molecule has 1 heterocycles. The molecule has 0 saturated heterocycles. The van der Waals surface area contributed by atoms with Crippen LogP contribution in [0.4, 0.5) is 11.6 Å². The number of imidazole rings is 1. The highest BCUT2D eigenvalue weighted by Gasteiger charge is 2.09. The number of hydrogen-bond acceptors (Lipinski definition) is 2. The fourth-order valence-electron chi connectivity index (χ4n) is 2.46. The van der Waals surface area contributed by atoms with Crippen molar-refractivity contribution in [2.75, 3.05) is 5.32 Å². The molecule has 1 aromatic carbocycles. The number of benzene rings is 1. The molecule has 1 aromatic heterocycles. The highest BCUT2D eigenvalue weighted by atomic mass is 15.2. The van der Waals surface area contributed by atoms with E-state index in [1.54, 1.807) is 0 Å².